The van der Waals surface area contributed by atoms with Crippen molar-refractivity contribution in [2.24, 2.45) is 5.92 Å². The molecule has 1 aliphatic rings. The Morgan fingerprint density at radius 1 is 1.07 bits per heavy atom. The zero-order chi connectivity index (χ0) is 28.9. The number of likely N-dealkylation sites (tertiary alicyclic amines) is 1. The number of nitrogens with one attached hydrogen (secondary N) is 1. The summed E-state index contributed by atoms with van der Waals surface area (Å²) in [5.74, 6) is 0.428. The number of alkyl halides is 3. The highest BCUT2D eigenvalue weighted by Gasteiger charge is 2.33. The highest BCUT2D eigenvalue weighted by atomic mass is 35.5. The molecule has 1 fully saturated rings. The Labute approximate surface area is 237 Å². The van der Waals surface area contributed by atoms with Crippen LogP contribution in [0.2, 0.25) is 5.15 Å². The normalized spacial score (nSPS) is 17.4. The lowest BCUT2D eigenvalue weighted by Gasteiger charge is -2.39. The smallest absolute Gasteiger partial charge is 0.416 e. The zero-order valence-electron chi connectivity index (χ0n) is 22.8. The highest BCUT2D eigenvalue weighted by molar-refractivity contribution is 6.29. The fourth-order valence-electron chi connectivity index (χ4n) is 5.26. The molecule has 3 unspecified atom stereocenters. The topological polar surface area (TPSA) is 83.4 Å². The van der Waals surface area contributed by atoms with E-state index in [0.717, 1.165) is 55.9 Å². The summed E-state index contributed by atoms with van der Waals surface area (Å²) in [4.78, 5) is 15.0. The Morgan fingerprint density at radius 2 is 1.73 bits per heavy atom. The summed E-state index contributed by atoms with van der Waals surface area (Å²) >= 11 is 6.05. The average Bonchev–Trinajstić information content (AvgIpc) is 2.91. The molecular weight excluding hydrogens is 543 g/mol. The first-order valence-electron chi connectivity index (χ1n) is 13.4. The first-order valence-corrected chi connectivity index (χ1v) is 13.8. The van der Waals surface area contributed by atoms with E-state index in [1.165, 1.54) is 18.5 Å². The standard InChI is InChI=1S/C29H35ClF3N5O2/c1-18(11-14-34-28(39)26-19(2)35-17-36-20(26)3)38-15-12-22(13-16-38)27(40-25-6-4-5-24(30)37-25)21-7-9-23(10-8-21)29(31,32)33/h4-10,17-18,22,27-28,34,39H,11-16H2,1-3H3. The van der Waals surface area contributed by atoms with Crippen LogP contribution in [0.4, 0.5) is 13.2 Å². The number of aliphatic hydroxyl groups excluding tert-OH is 1. The third-order valence-electron chi connectivity index (χ3n) is 7.59. The number of hydrogen-bond donors (Lipinski definition) is 2. The molecule has 3 heterocycles. The van der Waals surface area contributed by atoms with Gasteiger partial charge >= 0.3 is 6.18 Å². The van der Waals surface area contributed by atoms with Crippen molar-refractivity contribution < 1.29 is 23.0 Å². The lowest BCUT2D eigenvalue weighted by molar-refractivity contribution is -0.137. The number of ether oxygens (including phenoxy) is 1. The van der Waals surface area contributed by atoms with E-state index >= 15 is 0 Å². The van der Waals surface area contributed by atoms with Crippen LogP contribution >= 0.6 is 11.6 Å². The molecule has 3 aromatic rings. The zero-order valence-corrected chi connectivity index (χ0v) is 23.6. The highest BCUT2D eigenvalue weighted by Crippen LogP contribution is 2.37. The van der Waals surface area contributed by atoms with Gasteiger partial charge < -0.3 is 14.7 Å². The van der Waals surface area contributed by atoms with Crippen LogP contribution in [-0.4, -0.2) is 50.6 Å². The van der Waals surface area contributed by atoms with Gasteiger partial charge in [0, 0.05) is 35.0 Å². The number of aromatic nitrogens is 3. The minimum atomic E-state index is -4.40. The van der Waals surface area contributed by atoms with Gasteiger partial charge in [0.25, 0.3) is 0 Å². The number of halogens is 4. The molecule has 2 N–H and O–H groups in total. The second-order valence-corrected chi connectivity index (χ2v) is 10.7. The summed E-state index contributed by atoms with van der Waals surface area (Å²) in [7, 11) is 0. The summed E-state index contributed by atoms with van der Waals surface area (Å²) < 4.78 is 45.7. The molecule has 216 valence electrons. The van der Waals surface area contributed by atoms with Gasteiger partial charge in [-0.3, -0.25) is 5.32 Å². The summed E-state index contributed by atoms with van der Waals surface area (Å²) in [5.41, 5.74) is 2.19. The van der Waals surface area contributed by atoms with Crippen molar-refractivity contribution in [3.63, 3.8) is 0 Å². The number of rotatable bonds is 10. The van der Waals surface area contributed by atoms with Crippen molar-refractivity contribution in [1.82, 2.24) is 25.2 Å². The van der Waals surface area contributed by atoms with Crippen LogP contribution in [-0.2, 0) is 6.18 Å². The number of piperidine rings is 1. The number of benzene rings is 1. The van der Waals surface area contributed by atoms with Crippen LogP contribution in [0.15, 0.2) is 48.8 Å². The molecule has 11 heteroatoms. The van der Waals surface area contributed by atoms with E-state index in [-0.39, 0.29) is 17.1 Å². The molecular formula is C29H35ClF3N5O2. The lowest BCUT2D eigenvalue weighted by atomic mass is 9.86. The summed E-state index contributed by atoms with van der Waals surface area (Å²) in [6.07, 6.45) is -1.74. The van der Waals surface area contributed by atoms with E-state index < -0.39 is 24.1 Å². The lowest BCUT2D eigenvalue weighted by Crippen LogP contribution is -2.43. The van der Waals surface area contributed by atoms with Crippen molar-refractivity contribution in [1.29, 1.82) is 0 Å². The van der Waals surface area contributed by atoms with Gasteiger partial charge in [-0.25, -0.2) is 15.0 Å². The van der Waals surface area contributed by atoms with E-state index in [1.54, 1.807) is 18.2 Å². The van der Waals surface area contributed by atoms with Crippen LogP contribution in [0.1, 0.15) is 66.6 Å². The molecule has 2 aromatic heterocycles. The minimum absolute atomic E-state index is 0.0879. The van der Waals surface area contributed by atoms with Crippen molar-refractivity contribution in [3.8, 4) is 5.88 Å². The molecule has 3 atom stereocenters. The van der Waals surface area contributed by atoms with Gasteiger partial charge in [-0.15, -0.1) is 0 Å². The molecule has 0 saturated carbocycles. The number of aryl methyl sites for hydroxylation is 2. The van der Waals surface area contributed by atoms with Gasteiger partial charge in [-0.05, 0) is 83.4 Å². The van der Waals surface area contributed by atoms with Crippen molar-refractivity contribution >= 4 is 11.6 Å². The quantitative estimate of drug-likeness (QED) is 0.224. The summed E-state index contributed by atoms with van der Waals surface area (Å²) in [5, 5.41) is 14.1. The van der Waals surface area contributed by atoms with Crippen LogP contribution < -0.4 is 10.1 Å². The number of pyridine rings is 1. The van der Waals surface area contributed by atoms with E-state index in [0.29, 0.717) is 23.6 Å². The SMILES string of the molecule is Cc1ncnc(C)c1C(O)NCCC(C)N1CCC(C(Oc2cccc(Cl)n2)c2ccc(C(F)(F)F)cc2)CC1. The summed E-state index contributed by atoms with van der Waals surface area (Å²) in [6, 6.07) is 10.5. The molecule has 4 rings (SSSR count). The molecule has 0 amide bonds. The number of nitrogens with zero attached hydrogens (tertiary/aromatic N) is 4. The van der Waals surface area contributed by atoms with E-state index in [9.17, 15) is 18.3 Å². The molecule has 7 nitrogen and oxygen atoms in total. The molecule has 0 spiro atoms. The Bertz CT molecular complexity index is 1230. The molecule has 0 bridgehead atoms. The third kappa shape index (κ3) is 7.69. The molecule has 0 radical (unpaired) electrons. The fraction of sp³-hybridized carbons (Fsp3) is 0.483. The molecule has 1 aliphatic heterocycles. The summed E-state index contributed by atoms with van der Waals surface area (Å²) in [6.45, 7) is 8.13. The first-order chi connectivity index (χ1) is 19.0. The maximum atomic E-state index is 13.2. The van der Waals surface area contributed by atoms with Crippen LogP contribution in [0, 0.1) is 19.8 Å². The van der Waals surface area contributed by atoms with E-state index in [2.05, 4.69) is 32.1 Å². The van der Waals surface area contributed by atoms with Gasteiger partial charge in [0.05, 0.1) is 5.56 Å². The molecule has 1 aromatic carbocycles. The third-order valence-corrected chi connectivity index (χ3v) is 7.80. The Morgan fingerprint density at radius 3 is 2.33 bits per heavy atom. The van der Waals surface area contributed by atoms with Gasteiger partial charge in [-0.1, -0.05) is 29.8 Å². The predicted molar refractivity (Wildman–Crippen MR) is 147 cm³/mol. The number of hydrogen-bond acceptors (Lipinski definition) is 7. The molecule has 0 aliphatic carbocycles. The Kier molecular flexibility index (Phi) is 9.99. The van der Waals surface area contributed by atoms with Crippen molar-refractivity contribution in [2.75, 3.05) is 19.6 Å². The van der Waals surface area contributed by atoms with Crippen LogP contribution in [0.3, 0.4) is 0 Å². The van der Waals surface area contributed by atoms with Gasteiger partial charge in [0.2, 0.25) is 5.88 Å². The number of aliphatic hydroxyl groups is 1. The van der Waals surface area contributed by atoms with Gasteiger partial charge in [0.15, 0.2) is 0 Å². The second-order valence-electron chi connectivity index (χ2n) is 10.3. The largest absolute Gasteiger partial charge is 0.469 e. The van der Waals surface area contributed by atoms with E-state index in [4.69, 9.17) is 16.3 Å². The fourth-order valence-corrected chi connectivity index (χ4v) is 5.41. The van der Waals surface area contributed by atoms with Crippen molar-refractivity contribution in [2.45, 2.75) is 64.6 Å². The minimum Gasteiger partial charge on any atom is -0.469 e. The van der Waals surface area contributed by atoms with Crippen LogP contribution in [0.5, 0.6) is 5.88 Å². The predicted octanol–water partition coefficient (Wildman–Crippen LogP) is 6.05. The maximum absolute atomic E-state index is 13.2. The molecule has 1 saturated heterocycles. The Hall–Kier alpha value is -2.79. The first kappa shape index (κ1) is 30.2. The van der Waals surface area contributed by atoms with Gasteiger partial charge in [-0.2, -0.15) is 13.2 Å². The Balaban J connectivity index is 1.36. The van der Waals surface area contributed by atoms with E-state index in [1.807, 2.05) is 13.8 Å². The average molecular weight is 578 g/mol. The second kappa shape index (κ2) is 13.2. The van der Waals surface area contributed by atoms with Crippen LogP contribution in [0.25, 0.3) is 0 Å². The van der Waals surface area contributed by atoms with Gasteiger partial charge in [0.1, 0.15) is 23.8 Å². The molecule has 40 heavy (non-hydrogen) atoms. The van der Waals surface area contributed by atoms with Crippen molar-refractivity contribution in [3.05, 3.63) is 82.0 Å². The monoisotopic (exact) mass is 577 g/mol. The maximum Gasteiger partial charge on any atom is 0.416 e.